The Morgan fingerprint density at radius 1 is 1.44 bits per heavy atom. The first-order valence-corrected chi connectivity index (χ1v) is 6.65. The van der Waals surface area contributed by atoms with Crippen LogP contribution in [0.1, 0.15) is 57.2 Å². The minimum Gasteiger partial charge on any atom is -0.311 e. The fraction of sp³-hybridized carbons (Fsp3) is 0.769. The van der Waals surface area contributed by atoms with Gasteiger partial charge in [0.1, 0.15) is 0 Å². The van der Waals surface area contributed by atoms with E-state index in [1.807, 2.05) is 0 Å². The highest BCUT2D eigenvalue weighted by molar-refractivity contribution is 4.99. The number of nitrogens with one attached hydrogen (secondary N) is 1. The topological polar surface area (TPSA) is 29.9 Å². The van der Waals surface area contributed by atoms with Gasteiger partial charge in [0.15, 0.2) is 0 Å². The van der Waals surface area contributed by atoms with Crippen molar-refractivity contribution in [2.75, 3.05) is 6.54 Å². The van der Waals surface area contributed by atoms with Gasteiger partial charge in [-0.15, -0.1) is 0 Å². The van der Waals surface area contributed by atoms with Gasteiger partial charge in [-0.25, -0.2) is 0 Å². The molecule has 0 amide bonds. The van der Waals surface area contributed by atoms with Gasteiger partial charge in [0.25, 0.3) is 0 Å². The molecule has 3 nitrogen and oxygen atoms in total. The van der Waals surface area contributed by atoms with Gasteiger partial charge in [0.2, 0.25) is 0 Å². The van der Waals surface area contributed by atoms with Gasteiger partial charge >= 0.3 is 0 Å². The van der Waals surface area contributed by atoms with E-state index in [0.717, 1.165) is 13.1 Å². The molecule has 0 saturated heterocycles. The summed E-state index contributed by atoms with van der Waals surface area (Å²) in [6.07, 6.45) is 10.0. The van der Waals surface area contributed by atoms with E-state index >= 15 is 0 Å². The van der Waals surface area contributed by atoms with Gasteiger partial charge < -0.3 is 5.32 Å². The lowest BCUT2D eigenvalue weighted by atomic mass is 10.3. The number of hydrogen-bond donors (Lipinski definition) is 1. The van der Waals surface area contributed by atoms with Crippen molar-refractivity contribution in [3.8, 4) is 0 Å². The Kier molecular flexibility index (Phi) is 4.40. The van der Waals surface area contributed by atoms with Crippen LogP contribution in [0.25, 0.3) is 0 Å². The van der Waals surface area contributed by atoms with Crippen molar-refractivity contribution in [1.29, 1.82) is 0 Å². The fourth-order valence-electron chi connectivity index (χ4n) is 2.36. The molecule has 1 heterocycles. The van der Waals surface area contributed by atoms with Crippen LogP contribution in [-0.4, -0.2) is 16.3 Å². The van der Waals surface area contributed by atoms with Crippen LogP contribution in [0, 0.1) is 0 Å². The van der Waals surface area contributed by atoms with Crippen LogP contribution in [0.3, 0.4) is 0 Å². The van der Waals surface area contributed by atoms with Gasteiger partial charge in [-0.1, -0.05) is 26.2 Å². The predicted molar refractivity (Wildman–Crippen MR) is 66.3 cm³/mol. The maximum Gasteiger partial charge on any atom is 0.0762 e. The molecule has 0 aliphatic heterocycles. The summed E-state index contributed by atoms with van der Waals surface area (Å²) in [5.74, 6) is 0. The quantitative estimate of drug-likeness (QED) is 0.749. The van der Waals surface area contributed by atoms with Crippen LogP contribution in [0.2, 0.25) is 0 Å². The molecule has 1 aliphatic rings. The van der Waals surface area contributed by atoms with Gasteiger partial charge in [0, 0.05) is 12.7 Å². The molecule has 90 valence electrons. The van der Waals surface area contributed by atoms with Crippen LogP contribution in [-0.2, 0) is 6.54 Å². The Bertz CT molecular complexity index is 300. The zero-order valence-electron chi connectivity index (χ0n) is 10.3. The summed E-state index contributed by atoms with van der Waals surface area (Å²) in [5.41, 5.74) is 1.18. The van der Waals surface area contributed by atoms with E-state index in [1.54, 1.807) is 0 Å². The monoisotopic (exact) mass is 221 g/mol. The lowest BCUT2D eigenvalue weighted by Gasteiger charge is -2.08. The highest BCUT2D eigenvalue weighted by Crippen LogP contribution is 2.28. The Labute approximate surface area is 98.2 Å². The summed E-state index contributed by atoms with van der Waals surface area (Å²) in [4.78, 5) is 0. The van der Waals surface area contributed by atoms with Gasteiger partial charge in [0.05, 0.1) is 11.7 Å². The maximum absolute atomic E-state index is 4.64. The largest absolute Gasteiger partial charge is 0.311 e. The van der Waals surface area contributed by atoms with E-state index in [9.17, 15) is 0 Å². The smallest absolute Gasteiger partial charge is 0.0762 e. The number of rotatable bonds is 6. The van der Waals surface area contributed by atoms with Crippen LogP contribution >= 0.6 is 0 Å². The van der Waals surface area contributed by atoms with Crippen LogP contribution in [0.4, 0.5) is 0 Å². The predicted octanol–water partition coefficient (Wildman–Crippen LogP) is 2.89. The van der Waals surface area contributed by atoms with E-state index in [2.05, 4.69) is 34.3 Å². The lowest BCUT2D eigenvalue weighted by Crippen LogP contribution is -2.15. The Hall–Kier alpha value is -0.830. The third kappa shape index (κ3) is 3.08. The highest BCUT2D eigenvalue weighted by atomic mass is 15.3. The van der Waals surface area contributed by atoms with Crippen molar-refractivity contribution in [3.05, 3.63) is 18.0 Å². The van der Waals surface area contributed by atoms with E-state index in [0.29, 0.717) is 6.04 Å². The SMILES string of the molecule is CCCCNCc1ccn(C2CCCC2)n1. The molecule has 1 N–H and O–H groups in total. The average molecular weight is 221 g/mol. The van der Waals surface area contributed by atoms with Crippen LogP contribution in [0.5, 0.6) is 0 Å². The number of nitrogens with zero attached hydrogens (tertiary/aromatic N) is 2. The van der Waals surface area contributed by atoms with Gasteiger partial charge in [-0.2, -0.15) is 5.10 Å². The summed E-state index contributed by atoms with van der Waals surface area (Å²) in [6, 6.07) is 2.82. The molecular weight excluding hydrogens is 198 g/mol. The van der Waals surface area contributed by atoms with Crippen molar-refractivity contribution in [3.63, 3.8) is 0 Å². The lowest BCUT2D eigenvalue weighted by molar-refractivity contribution is 0.460. The summed E-state index contributed by atoms with van der Waals surface area (Å²) in [5, 5.41) is 8.07. The number of hydrogen-bond acceptors (Lipinski definition) is 2. The summed E-state index contributed by atoms with van der Waals surface area (Å²) in [6.45, 7) is 4.24. The van der Waals surface area contributed by atoms with Gasteiger partial charge in [-0.3, -0.25) is 4.68 Å². The molecule has 0 aromatic carbocycles. The van der Waals surface area contributed by atoms with Crippen LogP contribution < -0.4 is 5.32 Å². The van der Waals surface area contributed by atoms with Crippen molar-refractivity contribution in [2.24, 2.45) is 0 Å². The molecule has 1 aliphatic carbocycles. The maximum atomic E-state index is 4.64. The van der Waals surface area contributed by atoms with Crippen molar-refractivity contribution >= 4 is 0 Å². The second-order valence-corrected chi connectivity index (χ2v) is 4.76. The molecule has 1 aromatic heterocycles. The Balaban J connectivity index is 1.77. The second kappa shape index (κ2) is 6.04. The zero-order valence-corrected chi connectivity index (χ0v) is 10.3. The van der Waals surface area contributed by atoms with Crippen LogP contribution in [0.15, 0.2) is 12.3 Å². The molecular formula is C13H23N3. The molecule has 0 unspecified atom stereocenters. The fourth-order valence-corrected chi connectivity index (χ4v) is 2.36. The third-order valence-electron chi connectivity index (χ3n) is 3.38. The number of unbranched alkanes of at least 4 members (excludes halogenated alkanes) is 1. The van der Waals surface area contributed by atoms with Gasteiger partial charge in [-0.05, 0) is 31.9 Å². The first kappa shape index (κ1) is 11.6. The first-order valence-electron chi connectivity index (χ1n) is 6.65. The molecule has 16 heavy (non-hydrogen) atoms. The summed E-state index contributed by atoms with van der Waals surface area (Å²) in [7, 11) is 0. The minimum absolute atomic E-state index is 0.671. The number of aromatic nitrogens is 2. The molecule has 1 saturated carbocycles. The molecule has 0 radical (unpaired) electrons. The Morgan fingerprint density at radius 2 is 2.25 bits per heavy atom. The highest BCUT2D eigenvalue weighted by Gasteiger charge is 2.17. The van der Waals surface area contributed by atoms with Crippen molar-refractivity contribution in [1.82, 2.24) is 15.1 Å². The molecule has 1 aromatic rings. The van der Waals surface area contributed by atoms with Crippen molar-refractivity contribution in [2.45, 2.75) is 58.0 Å². The van der Waals surface area contributed by atoms with E-state index < -0.39 is 0 Å². The molecule has 0 spiro atoms. The van der Waals surface area contributed by atoms with E-state index in [-0.39, 0.29) is 0 Å². The summed E-state index contributed by atoms with van der Waals surface area (Å²) < 4.78 is 2.17. The zero-order chi connectivity index (χ0) is 11.2. The second-order valence-electron chi connectivity index (χ2n) is 4.76. The third-order valence-corrected chi connectivity index (χ3v) is 3.38. The summed E-state index contributed by atoms with van der Waals surface area (Å²) >= 11 is 0. The molecule has 0 bridgehead atoms. The average Bonchev–Trinajstić information content (AvgIpc) is 2.94. The minimum atomic E-state index is 0.671. The van der Waals surface area contributed by atoms with E-state index in [1.165, 1.54) is 44.2 Å². The molecule has 0 atom stereocenters. The van der Waals surface area contributed by atoms with Crippen molar-refractivity contribution < 1.29 is 0 Å². The normalized spacial score (nSPS) is 17.1. The molecule has 1 fully saturated rings. The Morgan fingerprint density at radius 3 is 3.00 bits per heavy atom. The first-order chi connectivity index (χ1) is 7.90. The molecule has 3 heteroatoms. The molecule has 2 rings (SSSR count). The van der Waals surface area contributed by atoms with E-state index in [4.69, 9.17) is 0 Å². The standard InChI is InChI=1S/C13H23N3/c1-2-3-9-14-11-12-8-10-16(15-12)13-6-4-5-7-13/h8,10,13-14H,2-7,9,11H2,1H3.